The number of anilines is 1. The van der Waals surface area contributed by atoms with Crippen molar-refractivity contribution in [2.24, 2.45) is 5.10 Å². The average Bonchev–Trinajstić information content (AvgIpc) is 2.64. The number of hydrogen-bond acceptors (Lipinski definition) is 6. The molecule has 2 aromatic rings. The summed E-state index contributed by atoms with van der Waals surface area (Å²) in [6, 6.07) is 6.58. The smallest absolute Gasteiger partial charge is 0.262 e. The van der Waals surface area contributed by atoms with Crippen LogP contribution in [-0.4, -0.2) is 26.2 Å². The Kier molecular flexibility index (Phi) is 3.06. The van der Waals surface area contributed by atoms with Crippen LogP contribution >= 0.6 is 12.2 Å². The van der Waals surface area contributed by atoms with Gasteiger partial charge >= 0.3 is 0 Å². The van der Waals surface area contributed by atoms with Crippen molar-refractivity contribution < 1.29 is 5.11 Å². The summed E-state index contributed by atoms with van der Waals surface area (Å²) in [7, 11) is 0. The topological polar surface area (TPSA) is 104 Å². The van der Waals surface area contributed by atoms with Crippen LogP contribution in [0.5, 0.6) is 5.75 Å². The summed E-state index contributed by atoms with van der Waals surface area (Å²) in [6.45, 7) is 0. The Morgan fingerprint density at radius 3 is 2.76 bits per heavy atom. The molecule has 0 aliphatic heterocycles. The molecule has 8 heteroatoms. The molecule has 0 amide bonds. The van der Waals surface area contributed by atoms with Crippen molar-refractivity contribution in [2.75, 3.05) is 11.3 Å². The molecule has 0 atom stereocenters. The van der Waals surface area contributed by atoms with Gasteiger partial charge in [-0.3, -0.25) is 0 Å². The van der Waals surface area contributed by atoms with E-state index in [0.717, 1.165) is 5.56 Å². The summed E-state index contributed by atoms with van der Waals surface area (Å²) in [5.74, 6) is 6.07. The molecule has 88 valence electrons. The van der Waals surface area contributed by atoms with Crippen molar-refractivity contribution in [3.8, 4) is 5.75 Å². The largest absolute Gasteiger partial charge is 0.508 e. The number of benzene rings is 1. The summed E-state index contributed by atoms with van der Waals surface area (Å²) < 4.78 is 1.47. The van der Waals surface area contributed by atoms with Crippen LogP contribution in [0.4, 0.5) is 5.95 Å². The predicted molar refractivity (Wildman–Crippen MR) is 66.9 cm³/mol. The fraction of sp³-hybridized carbons (Fsp3) is 0. The van der Waals surface area contributed by atoms with E-state index in [-0.39, 0.29) is 5.75 Å². The molecule has 0 fully saturated rings. The molecule has 0 bridgehead atoms. The Balaban J connectivity index is 2.05. The van der Waals surface area contributed by atoms with Crippen molar-refractivity contribution in [3.63, 3.8) is 0 Å². The monoisotopic (exact) mass is 250 g/mol. The minimum Gasteiger partial charge on any atom is -0.508 e. The fourth-order valence-electron chi connectivity index (χ4n) is 1.11. The molecule has 5 N–H and O–H groups in total. The Labute approximate surface area is 102 Å². The third kappa shape index (κ3) is 2.61. The molecule has 0 spiro atoms. The predicted octanol–water partition coefficient (Wildman–Crippen LogP) is 0.806. The summed E-state index contributed by atoms with van der Waals surface area (Å²) >= 11 is 4.83. The minimum atomic E-state index is 0.206. The summed E-state index contributed by atoms with van der Waals surface area (Å²) in [4.78, 5) is 0. The molecule has 0 saturated carbocycles. The van der Waals surface area contributed by atoms with Gasteiger partial charge in [0.15, 0.2) is 0 Å². The molecular weight excluding hydrogens is 240 g/mol. The second-order valence-electron chi connectivity index (χ2n) is 3.18. The molecule has 0 aliphatic rings. The van der Waals surface area contributed by atoms with Gasteiger partial charge in [0.05, 0.1) is 6.21 Å². The van der Waals surface area contributed by atoms with Crippen LogP contribution in [0.25, 0.3) is 0 Å². The van der Waals surface area contributed by atoms with Crippen LogP contribution in [0.2, 0.25) is 0 Å². The second-order valence-corrected chi connectivity index (χ2v) is 3.57. The molecule has 0 radical (unpaired) electrons. The van der Waals surface area contributed by atoms with E-state index in [1.807, 2.05) is 0 Å². The number of phenolic OH excluding ortho intramolecular Hbond substituents is 1. The van der Waals surface area contributed by atoms with Gasteiger partial charge in [0.1, 0.15) is 5.75 Å². The average molecular weight is 250 g/mol. The maximum Gasteiger partial charge on any atom is 0.262 e. The third-order valence-electron chi connectivity index (χ3n) is 1.98. The number of nitrogens with zero attached hydrogens (tertiary/aromatic N) is 3. The maximum atomic E-state index is 9.09. The van der Waals surface area contributed by atoms with Gasteiger partial charge in [-0.1, -0.05) is 0 Å². The van der Waals surface area contributed by atoms with Crippen molar-refractivity contribution in [1.29, 1.82) is 0 Å². The number of rotatable bonds is 3. The van der Waals surface area contributed by atoms with E-state index in [4.69, 9.17) is 23.2 Å². The lowest BCUT2D eigenvalue weighted by Gasteiger charge is -1.97. The summed E-state index contributed by atoms with van der Waals surface area (Å²) in [5, 5.41) is 19.4. The van der Waals surface area contributed by atoms with E-state index >= 15 is 0 Å². The molecular formula is C9H10N6OS. The first-order valence-electron chi connectivity index (χ1n) is 4.67. The van der Waals surface area contributed by atoms with Gasteiger partial charge in [0.25, 0.3) is 5.95 Å². The van der Waals surface area contributed by atoms with Gasteiger partial charge in [-0.05, 0) is 42.0 Å². The van der Waals surface area contributed by atoms with Gasteiger partial charge < -0.3 is 10.9 Å². The Hall–Kier alpha value is -2.35. The Morgan fingerprint density at radius 1 is 1.47 bits per heavy atom. The maximum absolute atomic E-state index is 9.09. The van der Waals surface area contributed by atoms with Crippen LogP contribution < -0.4 is 11.3 Å². The first-order valence-corrected chi connectivity index (χ1v) is 5.08. The lowest BCUT2D eigenvalue weighted by atomic mass is 10.2. The van der Waals surface area contributed by atoms with Gasteiger partial charge in [-0.25, -0.2) is 10.5 Å². The molecule has 0 unspecified atom stereocenters. The van der Waals surface area contributed by atoms with E-state index in [0.29, 0.717) is 10.7 Å². The zero-order valence-corrected chi connectivity index (χ0v) is 9.48. The third-order valence-corrected chi connectivity index (χ3v) is 2.26. The van der Waals surface area contributed by atoms with E-state index in [2.05, 4.69) is 20.7 Å². The van der Waals surface area contributed by atoms with E-state index in [9.17, 15) is 0 Å². The molecule has 1 aromatic carbocycles. The van der Waals surface area contributed by atoms with Crippen LogP contribution in [0.3, 0.4) is 0 Å². The number of H-pyrrole nitrogens is 1. The summed E-state index contributed by atoms with van der Waals surface area (Å²) in [5.41, 5.74) is 3.46. The fourth-order valence-corrected chi connectivity index (χ4v) is 1.24. The number of hydrogen-bond donors (Lipinski definition) is 4. The number of nitrogens with two attached hydrogens (primary N) is 1. The number of aromatic hydroxyl groups is 1. The number of nitrogens with one attached hydrogen (secondary N) is 2. The Morgan fingerprint density at radius 2 is 2.18 bits per heavy atom. The number of hydrazone groups is 1. The highest BCUT2D eigenvalue weighted by atomic mass is 32.1. The molecule has 17 heavy (non-hydrogen) atoms. The molecule has 7 nitrogen and oxygen atoms in total. The molecule has 0 aliphatic carbocycles. The van der Waals surface area contributed by atoms with Crippen LogP contribution in [-0.2, 0) is 0 Å². The molecule has 1 aromatic heterocycles. The lowest BCUT2D eigenvalue weighted by Crippen LogP contribution is -2.11. The number of aromatic nitrogens is 3. The van der Waals surface area contributed by atoms with Gasteiger partial charge in [0, 0.05) is 0 Å². The minimum absolute atomic E-state index is 0.206. The van der Waals surface area contributed by atoms with Crippen molar-refractivity contribution >= 4 is 24.4 Å². The molecule has 2 rings (SSSR count). The van der Waals surface area contributed by atoms with E-state index < -0.39 is 0 Å². The van der Waals surface area contributed by atoms with E-state index in [1.165, 1.54) is 4.68 Å². The zero-order valence-electron chi connectivity index (χ0n) is 8.66. The van der Waals surface area contributed by atoms with Gasteiger partial charge in [-0.15, -0.1) is 5.10 Å². The van der Waals surface area contributed by atoms with Gasteiger partial charge in [0.2, 0.25) is 4.77 Å². The highest BCUT2D eigenvalue weighted by molar-refractivity contribution is 7.71. The number of phenols is 1. The van der Waals surface area contributed by atoms with Crippen molar-refractivity contribution in [1.82, 2.24) is 14.9 Å². The highest BCUT2D eigenvalue weighted by Crippen LogP contribution is 2.07. The highest BCUT2D eigenvalue weighted by Gasteiger charge is 1.99. The quantitative estimate of drug-likeness (QED) is 0.279. The van der Waals surface area contributed by atoms with Crippen LogP contribution in [0, 0.1) is 4.77 Å². The standard InChI is InChI=1S/C9H10N6OS/c10-15-8(13-14-9(15)17)12-11-5-6-1-3-7(16)4-2-6/h1-5,16H,10H2,(H,12,13)(H,14,17). The normalized spacial score (nSPS) is 10.8. The Bertz CT molecular complexity index is 584. The molecule has 1 heterocycles. The zero-order chi connectivity index (χ0) is 12.3. The summed E-state index contributed by atoms with van der Waals surface area (Å²) in [6.07, 6.45) is 1.57. The second kappa shape index (κ2) is 4.66. The molecule has 0 saturated heterocycles. The number of aromatic amines is 1. The number of nitrogen functional groups attached to an aromatic ring is 1. The first-order chi connectivity index (χ1) is 8.16. The van der Waals surface area contributed by atoms with Crippen molar-refractivity contribution in [2.45, 2.75) is 0 Å². The first kappa shape index (κ1) is 11.1. The van der Waals surface area contributed by atoms with Crippen LogP contribution in [0.1, 0.15) is 5.56 Å². The SMILES string of the molecule is Nn1c(NN=Cc2ccc(O)cc2)n[nH]c1=S. The van der Waals surface area contributed by atoms with Crippen LogP contribution in [0.15, 0.2) is 29.4 Å². The van der Waals surface area contributed by atoms with E-state index in [1.54, 1.807) is 30.5 Å². The van der Waals surface area contributed by atoms with Crippen molar-refractivity contribution in [3.05, 3.63) is 34.6 Å². The lowest BCUT2D eigenvalue weighted by molar-refractivity contribution is 0.475. The van der Waals surface area contributed by atoms with Gasteiger partial charge in [-0.2, -0.15) is 9.78 Å².